The molecule has 0 fully saturated rings. The maximum Gasteiger partial charge on any atom is 0.129 e. The lowest BCUT2D eigenvalue weighted by Crippen LogP contribution is -2.11. The first kappa shape index (κ1) is 13.1. The molecule has 2 rings (SSSR count). The number of rotatable bonds is 4. The second kappa shape index (κ2) is 5.98. The summed E-state index contributed by atoms with van der Waals surface area (Å²) in [6, 6.07) is 13.4. The molecule has 0 aromatic heterocycles. The summed E-state index contributed by atoms with van der Waals surface area (Å²) >= 11 is 3.32. The Hall–Kier alpha value is -1.39. The van der Waals surface area contributed by atoms with E-state index in [0.717, 1.165) is 4.47 Å². The van der Waals surface area contributed by atoms with Crippen molar-refractivity contribution < 1.29 is 14.2 Å². The maximum atomic E-state index is 13.4. The number of aliphatic hydroxyl groups is 1. The Kier molecular flexibility index (Phi) is 4.33. The van der Waals surface area contributed by atoms with Crippen molar-refractivity contribution in [3.63, 3.8) is 0 Å². The molecule has 1 atom stereocenters. The van der Waals surface area contributed by atoms with Crippen LogP contribution in [0.25, 0.3) is 0 Å². The highest BCUT2D eigenvalue weighted by Crippen LogP contribution is 2.20. The minimum atomic E-state index is -0.977. The molecule has 2 aromatic carbocycles. The quantitative estimate of drug-likeness (QED) is 0.933. The molecular weight excluding hydrogens is 299 g/mol. The summed E-state index contributed by atoms with van der Waals surface area (Å²) in [4.78, 5) is 0. The molecule has 2 aromatic rings. The van der Waals surface area contributed by atoms with Gasteiger partial charge in [-0.2, -0.15) is 0 Å². The topological polar surface area (TPSA) is 29.5 Å². The normalized spacial score (nSPS) is 12.2. The van der Waals surface area contributed by atoms with Gasteiger partial charge in [0.05, 0.1) is 0 Å². The molecule has 0 spiro atoms. The number of ether oxygens (including phenoxy) is 1. The third-order valence-corrected chi connectivity index (χ3v) is 3.01. The fourth-order valence-corrected chi connectivity index (χ4v) is 1.81. The zero-order valence-electron chi connectivity index (χ0n) is 9.51. The summed E-state index contributed by atoms with van der Waals surface area (Å²) in [6.45, 7) is 0.0164. The minimum absolute atomic E-state index is 0.0164. The van der Waals surface area contributed by atoms with Gasteiger partial charge in [0.2, 0.25) is 0 Å². The molecule has 2 nitrogen and oxygen atoms in total. The molecule has 0 radical (unpaired) electrons. The van der Waals surface area contributed by atoms with Gasteiger partial charge in [-0.15, -0.1) is 0 Å². The predicted octanol–water partition coefficient (Wildman–Crippen LogP) is 3.70. The maximum absolute atomic E-state index is 13.4. The van der Waals surface area contributed by atoms with Gasteiger partial charge in [0.15, 0.2) is 0 Å². The lowest BCUT2D eigenvalue weighted by Gasteiger charge is -2.13. The number of aliphatic hydroxyl groups excluding tert-OH is 1. The number of hydrogen-bond acceptors (Lipinski definition) is 2. The van der Waals surface area contributed by atoms with E-state index >= 15 is 0 Å². The van der Waals surface area contributed by atoms with Gasteiger partial charge in [-0.25, -0.2) is 4.39 Å². The van der Waals surface area contributed by atoms with E-state index in [1.165, 1.54) is 6.07 Å². The zero-order valence-corrected chi connectivity index (χ0v) is 11.1. The first-order valence-electron chi connectivity index (χ1n) is 5.47. The van der Waals surface area contributed by atoms with Gasteiger partial charge in [0.25, 0.3) is 0 Å². The Morgan fingerprint density at radius 2 is 1.78 bits per heavy atom. The van der Waals surface area contributed by atoms with Crippen molar-refractivity contribution in [1.82, 2.24) is 0 Å². The molecule has 0 aliphatic carbocycles. The van der Waals surface area contributed by atoms with Crippen LogP contribution < -0.4 is 4.74 Å². The van der Waals surface area contributed by atoms with Crippen LogP contribution in [-0.2, 0) is 0 Å². The minimum Gasteiger partial charge on any atom is -0.491 e. The Morgan fingerprint density at radius 3 is 2.44 bits per heavy atom. The third-order valence-electron chi connectivity index (χ3n) is 2.49. The van der Waals surface area contributed by atoms with Crippen LogP contribution in [0.4, 0.5) is 4.39 Å². The summed E-state index contributed by atoms with van der Waals surface area (Å²) in [5, 5.41) is 9.84. The zero-order chi connectivity index (χ0) is 13.0. The van der Waals surface area contributed by atoms with Gasteiger partial charge in [-0.05, 0) is 30.3 Å². The van der Waals surface area contributed by atoms with Crippen molar-refractivity contribution in [3.8, 4) is 5.75 Å². The lowest BCUT2D eigenvalue weighted by atomic mass is 10.1. The van der Waals surface area contributed by atoms with Crippen LogP contribution >= 0.6 is 15.9 Å². The highest BCUT2D eigenvalue weighted by molar-refractivity contribution is 9.10. The Morgan fingerprint density at radius 1 is 1.11 bits per heavy atom. The van der Waals surface area contributed by atoms with Gasteiger partial charge >= 0.3 is 0 Å². The average Bonchev–Trinajstić information content (AvgIpc) is 2.38. The molecule has 94 valence electrons. The average molecular weight is 311 g/mol. The van der Waals surface area contributed by atoms with E-state index in [4.69, 9.17) is 4.74 Å². The van der Waals surface area contributed by atoms with E-state index in [2.05, 4.69) is 15.9 Å². The van der Waals surface area contributed by atoms with Gasteiger partial charge < -0.3 is 9.84 Å². The smallest absolute Gasteiger partial charge is 0.129 e. The molecule has 4 heteroatoms. The molecule has 18 heavy (non-hydrogen) atoms. The molecule has 0 bridgehead atoms. The van der Waals surface area contributed by atoms with E-state index in [-0.39, 0.29) is 12.2 Å². The van der Waals surface area contributed by atoms with E-state index < -0.39 is 11.9 Å². The van der Waals surface area contributed by atoms with Gasteiger partial charge in [-0.1, -0.05) is 34.1 Å². The Labute approximate surface area is 113 Å². The molecule has 0 aliphatic rings. The lowest BCUT2D eigenvalue weighted by molar-refractivity contribution is 0.105. The van der Waals surface area contributed by atoms with Gasteiger partial charge in [-0.3, -0.25) is 0 Å². The second-order valence-electron chi connectivity index (χ2n) is 3.80. The summed E-state index contributed by atoms with van der Waals surface area (Å²) in [7, 11) is 0. The van der Waals surface area contributed by atoms with Gasteiger partial charge in [0, 0.05) is 10.0 Å². The molecule has 0 aliphatic heterocycles. The van der Waals surface area contributed by atoms with Gasteiger partial charge in [0.1, 0.15) is 24.3 Å². The first-order valence-corrected chi connectivity index (χ1v) is 6.27. The summed E-state index contributed by atoms with van der Waals surface area (Å²) in [6.07, 6.45) is -0.977. The third kappa shape index (κ3) is 3.31. The van der Waals surface area contributed by atoms with Crippen LogP contribution in [0, 0.1) is 5.82 Å². The molecule has 0 amide bonds. The fraction of sp³-hybridized carbons (Fsp3) is 0.143. The molecule has 0 saturated heterocycles. The summed E-state index contributed by atoms with van der Waals surface area (Å²) in [5.41, 5.74) is 0.245. The van der Waals surface area contributed by atoms with Crippen molar-refractivity contribution >= 4 is 15.9 Å². The van der Waals surface area contributed by atoms with Crippen LogP contribution in [-0.4, -0.2) is 11.7 Å². The van der Waals surface area contributed by atoms with Crippen LogP contribution in [0.2, 0.25) is 0 Å². The largest absolute Gasteiger partial charge is 0.491 e. The van der Waals surface area contributed by atoms with Crippen molar-refractivity contribution in [3.05, 3.63) is 64.4 Å². The molecule has 1 N–H and O–H groups in total. The number of benzene rings is 2. The van der Waals surface area contributed by atoms with E-state index in [1.807, 2.05) is 12.1 Å². The van der Waals surface area contributed by atoms with E-state index in [9.17, 15) is 9.50 Å². The summed E-state index contributed by atoms with van der Waals surface area (Å²) in [5.74, 6) is 0.206. The molecule has 0 saturated carbocycles. The Balaban J connectivity index is 1.98. The first-order chi connectivity index (χ1) is 8.66. The Bertz CT molecular complexity index is 513. The fourth-order valence-electron chi connectivity index (χ4n) is 1.54. The van der Waals surface area contributed by atoms with Crippen molar-refractivity contribution in [2.24, 2.45) is 0 Å². The van der Waals surface area contributed by atoms with Crippen LogP contribution in [0.3, 0.4) is 0 Å². The van der Waals surface area contributed by atoms with Crippen molar-refractivity contribution in [2.75, 3.05) is 6.61 Å². The number of hydrogen-bond donors (Lipinski definition) is 1. The van der Waals surface area contributed by atoms with Crippen molar-refractivity contribution in [2.45, 2.75) is 6.10 Å². The SMILES string of the molecule is OC(COc1ccc(Br)cc1)c1ccccc1F. The van der Waals surface area contributed by atoms with Crippen LogP contribution in [0.15, 0.2) is 53.0 Å². The standard InChI is InChI=1S/C14H12BrFO2/c15-10-5-7-11(8-6-10)18-9-14(17)12-3-1-2-4-13(12)16/h1-8,14,17H,9H2. The monoisotopic (exact) mass is 310 g/mol. The van der Waals surface area contributed by atoms with Crippen LogP contribution in [0.1, 0.15) is 11.7 Å². The highest BCUT2D eigenvalue weighted by Gasteiger charge is 2.12. The molecule has 0 heterocycles. The molecule has 1 unspecified atom stereocenters. The molecular formula is C14H12BrFO2. The van der Waals surface area contributed by atoms with Crippen LogP contribution in [0.5, 0.6) is 5.75 Å². The van der Waals surface area contributed by atoms with Crippen molar-refractivity contribution in [1.29, 1.82) is 0 Å². The summed E-state index contributed by atoms with van der Waals surface area (Å²) < 4.78 is 19.7. The second-order valence-corrected chi connectivity index (χ2v) is 4.72. The predicted molar refractivity (Wildman–Crippen MR) is 71.0 cm³/mol. The highest BCUT2D eigenvalue weighted by atomic mass is 79.9. The van der Waals surface area contributed by atoms with E-state index in [0.29, 0.717) is 5.75 Å². The van der Waals surface area contributed by atoms with E-state index in [1.54, 1.807) is 30.3 Å². The number of halogens is 2.